The van der Waals surface area contributed by atoms with Gasteiger partial charge in [-0.05, 0) is 36.6 Å². The predicted molar refractivity (Wildman–Crippen MR) is 93.7 cm³/mol. The Bertz CT molecular complexity index is 795. The molecule has 25 heavy (non-hydrogen) atoms. The smallest absolute Gasteiger partial charge is 0.404 e. The van der Waals surface area contributed by atoms with Gasteiger partial charge in [0.2, 0.25) is 0 Å². The number of carboxylic acid groups (broad SMARTS) is 1. The molecule has 0 bridgehead atoms. The van der Waals surface area contributed by atoms with Crippen molar-refractivity contribution in [2.45, 2.75) is 25.4 Å². The molecular formula is C17H21N5O3. The van der Waals surface area contributed by atoms with Crippen molar-refractivity contribution in [2.75, 3.05) is 18.8 Å². The highest BCUT2D eigenvalue weighted by Gasteiger charge is 2.20. The Balaban J connectivity index is 1.60. The van der Waals surface area contributed by atoms with Gasteiger partial charge in [-0.25, -0.2) is 9.59 Å². The predicted octanol–water partition coefficient (Wildman–Crippen LogP) is 1.05. The molecule has 8 heteroatoms. The first-order valence-electron chi connectivity index (χ1n) is 8.17. The number of nitrogens with one attached hydrogen (secondary N) is 1. The topological polar surface area (TPSA) is 113 Å². The maximum absolute atomic E-state index is 11.9. The monoisotopic (exact) mass is 343 g/mol. The SMILES string of the molecule is Nc1ccn(-c2ccc(CN3CCC(NC(=O)O)CC3)cc2)c(=O)n1. The number of carbonyl (C=O) groups is 1. The lowest BCUT2D eigenvalue weighted by Crippen LogP contribution is -2.43. The third-order valence-electron chi connectivity index (χ3n) is 4.36. The average Bonchev–Trinajstić information content (AvgIpc) is 2.57. The van der Waals surface area contributed by atoms with Crippen molar-refractivity contribution in [3.05, 3.63) is 52.6 Å². The number of nitrogens with zero attached hydrogens (tertiary/aromatic N) is 3. The highest BCUT2D eigenvalue weighted by Crippen LogP contribution is 2.15. The van der Waals surface area contributed by atoms with Crippen LogP contribution in [0.3, 0.4) is 0 Å². The fourth-order valence-corrected chi connectivity index (χ4v) is 3.04. The maximum atomic E-state index is 11.9. The van der Waals surface area contributed by atoms with Gasteiger partial charge in [0, 0.05) is 31.9 Å². The summed E-state index contributed by atoms with van der Waals surface area (Å²) in [7, 11) is 0. The van der Waals surface area contributed by atoms with Crippen molar-refractivity contribution in [1.29, 1.82) is 0 Å². The Kier molecular flexibility index (Phi) is 4.99. The second-order valence-electron chi connectivity index (χ2n) is 6.17. The van der Waals surface area contributed by atoms with Gasteiger partial charge in [-0.2, -0.15) is 4.98 Å². The Morgan fingerprint density at radius 1 is 1.24 bits per heavy atom. The zero-order valence-corrected chi connectivity index (χ0v) is 13.8. The molecule has 1 aliphatic rings. The third-order valence-corrected chi connectivity index (χ3v) is 4.36. The number of likely N-dealkylation sites (tertiary alicyclic amines) is 1. The van der Waals surface area contributed by atoms with Gasteiger partial charge in [0.1, 0.15) is 5.82 Å². The molecule has 0 saturated carbocycles. The van der Waals surface area contributed by atoms with E-state index in [9.17, 15) is 9.59 Å². The normalized spacial score (nSPS) is 15.8. The number of hydrogen-bond donors (Lipinski definition) is 3. The van der Waals surface area contributed by atoms with Crippen LogP contribution in [0.4, 0.5) is 10.6 Å². The van der Waals surface area contributed by atoms with Crippen LogP contribution in [0, 0.1) is 0 Å². The van der Waals surface area contributed by atoms with Crippen molar-refractivity contribution in [3.63, 3.8) is 0 Å². The minimum Gasteiger partial charge on any atom is -0.465 e. The zero-order chi connectivity index (χ0) is 17.8. The fourth-order valence-electron chi connectivity index (χ4n) is 3.04. The minimum atomic E-state index is -0.957. The number of rotatable bonds is 4. The number of nitrogen functional groups attached to an aromatic ring is 1. The number of amides is 1. The lowest BCUT2D eigenvalue weighted by molar-refractivity contribution is 0.165. The van der Waals surface area contributed by atoms with E-state index in [0.717, 1.165) is 43.7 Å². The van der Waals surface area contributed by atoms with Crippen LogP contribution >= 0.6 is 0 Å². The Morgan fingerprint density at radius 2 is 1.92 bits per heavy atom. The van der Waals surface area contributed by atoms with Gasteiger partial charge in [0.05, 0.1) is 5.69 Å². The molecule has 0 atom stereocenters. The molecule has 2 aromatic rings. The van der Waals surface area contributed by atoms with Crippen LogP contribution in [0.5, 0.6) is 0 Å². The van der Waals surface area contributed by atoms with Crippen LogP contribution < -0.4 is 16.7 Å². The van der Waals surface area contributed by atoms with Crippen molar-refractivity contribution >= 4 is 11.9 Å². The molecule has 1 aromatic carbocycles. The van der Waals surface area contributed by atoms with Crippen molar-refractivity contribution < 1.29 is 9.90 Å². The maximum Gasteiger partial charge on any atom is 0.404 e. The summed E-state index contributed by atoms with van der Waals surface area (Å²) in [6.07, 6.45) is 2.29. The summed E-state index contributed by atoms with van der Waals surface area (Å²) in [6.45, 7) is 2.51. The van der Waals surface area contributed by atoms with Crippen LogP contribution in [-0.4, -0.2) is 44.8 Å². The summed E-state index contributed by atoms with van der Waals surface area (Å²) < 4.78 is 1.45. The third kappa shape index (κ3) is 4.36. The van der Waals surface area contributed by atoms with Crippen molar-refractivity contribution in [1.82, 2.24) is 19.8 Å². The number of nitrogens with two attached hydrogens (primary N) is 1. The highest BCUT2D eigenvalue weighted by molar-refractivity contribution is 5.64. The molecule has 0 unspecified atom stereocenters. The Hall–Kier alpha value is -2.87. The van der Waals surface area contributed by atoms with Gasteiger partial charge >= 0.3 is 11.8 Å². The molecule has 2 heterocycles. The summed E-state index contributed by atoms with van der Waals surface area (Å²) in [6, 6.07) is 9.37. The van der Waals surface area contributed by atoms with E-state index in [2.05, 4.69) is 15.2 Å². The molecule has 3 rings (SSSR count). The molecule has 1 fully saturated rings. The molecule has 1 aliphatic heterocycles. The molecule has 8 nitrogen and oxygen atoms in total. The minimum absolute atomic E-state index is 0.0426. The second kappa shape index (κ2) is 7.35. The van der Waals surface area contributed by atoms with Crippen LogP contribution in [0.15, 0.2) is 41.3 Å². The summed E-state index contributed by atoms with van der Waals surface area (Å²) in [5, 5.41) is 11.3. The summed E-state index contributed by atoms with van der Waals surface area (Å²) in [5.74, 6) is 0.207. The standard InChI is InChI=1S/C17H21N5O3/c18-15-7-10-22(16(23)20-15)14-3-1-12(2-4-14)11-21-8-5-13(6-9-21)19-17(24)25/h1-4,7,10,13,19H,5-6,8-9,11H2,(H,24,25)(H2,18,20,23). The lowest BCUT2D eigenvalue weighted by atomic mass is 10.0. The fraction of sp³-hybridized carbons (Fsp3) is 0.353. The molecular weight excluding hydrogens is 322 g/mol. The van der Waals surface area contributed by atoms with E-state index >= 15 is 0 Å². The van der Waals surface area contributed by atoms with Gasteiger partial charge < -0.3 is 16.2 Å². The van der Waals surface area contributed by atoms with E-state index in [1.54, 1.807) is 12.3 Å². The lowest BCUT2D eigenvalue weighted by Gasteiger charge is -2.31. The summed E-state index contributed by atoms with van der Waals surface area (Å²) >= 11 is 0. The zero-order valence-electron chi connectivity index (χ0n) is 13.8. The Morgan fingerprint density at radius 3 is 2.52 bits per heavy atom. The van der Waals surface area contributed by atoms with Gasteiger partial charge in [-0.15, -0.1) is 0 Å². The number of benzene rings is 1. The largest absolute Gasteiger partial charge is 0.465 e. The molecule has 0 spiro atoms. The van der Waals surface area contributed by atoms with E-state index in [1.165, 1.54) is 4.57 Å². The first kappa shape index (κ1) is 17.0. The molecule has 1 amide bonds. The van der Waals surface area contributed by atoms with E-state index in [1.807, 2.05) is 24.3 Å². The molecule has 0 radical (unpaired) electrons. The van der Waals surface area contributed by atoms with E-state index in [0.29, 0.717) is 0 Å². The molecule has 132 valence electrons. The van der Waals surface area contributed by atoms with Gasteiger partial charge in [0.25, 0.3) is 0 Å². The van der Waals surface area contributed by atoms with Crippen LogP contribution in [0.2, 0.25) is 0 Å². The van der Waals surface area contributed by atoms with Gasteiger partial charge in [-0.1, -0.05) is 12.1 Å². The number of anilines is 1. The summed E-state index contributed by atoms with van der Waals surface area (Å²) in [4.78, 5) is 28.6. The second-order valence-corrected chi connectivity index (χ2v) is 6.17. The Labute approximate surface area is 144 Å². The van der Waals surface area contributed by atoms with E-state index in [4.69, 9.17) is 10.8 Å². The molecule has 0 aliphatic carbocycles. The van der Waals surface area contributed by atoms with Crippen LogP contribution in [-0.2, 0) is 6.54 Å². The summed E-state index contributed by atoms with van der Waals surface area (Å²) in [5.41, 5.74) is 6.99. The van der Waals surface area contributed by atoms with E-state index in [-0.39, 0.29) is 11.9 Å². The molecule has 1 aromatic heterocycles. The van der Waals surface area contributed by atoms with E-state index < -0.39 is 11.8 Å². The number of aromatic nitrogens is 2. The average molecular weight is 343 g/mol. The first-order chi connectivity index (χ1) is 12.0. The van der Waals surface area contributed by atoms with Gasteiger partial charge in [-0.3, -0.25) is 9.47 Å². The van der Waals surface area contributed by atoms with Crippen molar-refractivity contribution in [3.8, 4) is 5.69 Å². The highest BCUT2D eigenvalue weighted by atomic mass is 16.4. The quantitative estimate of drug-likeness (QED) is 0.764. The molecule has 4 N–H and O–H groups in total. The number of piperidine rings is 1. The number of hydrogen-bond acceptors (Lipinski definition) is 5. The van der Waals surface area contributed by atoms with Crippen molar-refractivity contribution in [2.24, 2.45) is 0 Å². The molecule has 1 saturated heterocycles. The van der Waals surface area contributed by atoms with Crippen LogP contribution in [0.25, 0.3) is 5.69 Å². The first-order valence-corrected chi connectivity index (χ1v) is 8.17. The van der Waals surface area contributed by atoms with Crippen LogP contribution in [0.1, 0.15) is 18.4 Å². The van der Waals surface area contributed by atoms with Gasteiger partial charge in [0.15, 0.2) is 0 Å².